The summed E-state index contributed by atoms with van der Waals surface area (Å²) in [5, 5.41) is 3.49. The third-order valence-corrected chi connectivity index (χ3v) is 5.42. The Bertz CT molecular complexity index is 871. The maximum atomic E-state index is 13.0. The number of carbonyl (C=O) groups excluding carboxylic acids is 1. The molecule has 0 spiro atoms. The summed E-state index contributed by atoms with van der Waals surface area (Å²) in [5.41, 5.74) is 2.95. The van der Waals surface area contributed by atoms with Crippen LogP contribution in [0.3, 0.4) is 0 Å². The second-order valence-electron chi connectivity index (χ2n) is 7.33. The summed E-state index contributed by atoms with van der Waals surface area (Å²) in [5.74, 6) is 2.04. The summed E-state index contributed by atoms with van der Waals surface area (Å²) in [6, 6.07) is 9.86. The maximum absolute atomic E-state index is 13.0. The number of hydrogen-bond donors (Lipinski definition) is 1. The van der Waals surface area contributed by atoms with E-state index in [0.717, 1.165) is 36.3 Å². The predicted molar refractivity (Wildman–Crippen MR) is 109 cm³/mol. The lowest BCUT2D eigenvalue weighted by Gasteiger charge is -2.16. The van der Waals surface area contributed by atoms with Crippen LogP contribution in [-0.4, -0.2) is 38.7 Å². The minimum Gasteiger partial charge on any atom is -0.497 e. The molecule has 1 N–H and O–H groups in total. The molecule has 5 heteroatoms. The van der Waals surface area contributed by atoms with E-state index in [1.165, 1.54) is 12.8 Å². The van der Waals surface area contributed by atoms with Crippen molar-refractivity contribution in [3.05, 3.63) is 41.5 Å². The minimum absolute atomic E-state index is 0.00634. The number of fused-ring (bicyclic) bond motifs is 3. The summed E-state index contributed by atoms with van der Waals surface area (Å²) in [6.45, 7) is 4.36. The van der Waals surface area contributed by atoms with Crippen LogP contribution < -0.4 is 19.5 Å². The average Bonchev–Trinajstić information content (AvgIpc) is 3.33. The first-order valence-electron chi connectivity index (χ1n) is 10.1. The van der Waals surface area contributed by atoms with Crippen LogP contribution >= 0.6 is 0 Å². The van der Waals surface area contributed by atoms with E-state index in [9.17, 15) is 4.79 Å². The zero-order valence-electron chi connectivity index (χ0n) is 16.5. The number of hydrogen-bond acceptors (Lipinski definition) is 5. The monoisotopic (exact) mass is 381 g/mol. The van der Waals surface area contributed by atoms with Crippen molar-refractivity contribution in [1.82, 2.24) is 5.32 Å². The van der Waals surface area contributed by atoms with Gasteiger partial charge in [0.15, 0.2) is 5.78 Å². The molecule has 2 aromatic rings. The molecule has 4 rings (SSSR count). The van der Waals surface area contributed by atoms with Crippen molar-refractivity contribution < 1.29 is 19.0 Å². The highest BCUT2D eigenvalue weighted by Crippen LogP contribution is 2.49. The molecule has 1 aliphatic carbocycles. The average molecular weight is 381 g/mol. The van der Waals surface area contributed by atoms with E-state index in [2.05, 4.69) is 12.2 Å². The summed E-state index contributed by atoms with van der Waals surface area (Å²) in [7, 11) is 1.60. The molecule has 2 aromatic carbocycles. The Morgan fingerprint density at radius 2 is 1.89 bits per heavy atom. The fraction of sp³-hybridized carbons (Fsp3) is 0.435. The van der Waals surface area contributed by atoms with Gasteiger partial charge < -0.3 is 19.5 Å². The van der Waals surface area contributed by atoms with Gasteiger partial charge in [0.1, 0.15) is 17.2 Å². The molecular weight excluding hydrogens is 354 g/mol. The van der Waals surface area contributed by atoms with E-state index >= 15 is 0 Å². The van der Waals surface area contributed by atoms with Gasteiger partial charge in [0.05, 0.1) is 20.3 Å². The Morgan fingerprint density at radius 3 is 2.64 bits per heavy atom. The second-order valence-corrected chi connectivity index (χ2v) is 7.33. The van der Waals surface area contributed by atoms with Gasteiger partial charge in [-0.15, -0.1) is 0 Å². The Hall–Kier alpha value is -2.53. The molecule has 1 saturated heterocycles. The van der Waals surface area contributed by atoms with Crippen LogP contribution in [0.2, 0.25) is 0 Å². The molecule has 0 radical (unpaired) electrons. The van der Waals surface area contributed by atoms with Crippen LogP contribution in [0.5, 0.6) is 17.2 Å². The molecule has 0 amide bonds. The standard InChI is InChI=1S/C23H27NO4/c1-3-11-27-20-14-16(26-2)13-18-22(20)21-17(23(18)25)7-4-8-19(21)28-12-9-15-6-5-10-24-15/h4,7-8,13-15,24H,3,5-6,9-12H2,1-2H3. The van der Waals surface area contributed by atoms with Crippen LogP contribution in [0.25, 0.3) is 11.1 Å². The zero-order valence-corrected chi connectivity index (χ0v) is 16.5. The van der Waals surface area contributed by atoms with Crippen molar-refractivity contribution in [3.8, 4) is 28.4 Å². The summed E-state index contributed by atoms with van der Waals surface area (Å²) < 4.78 is 17.5. The molecule has 1 unspecified atom stereocenters. The fourth-order valence-corrected chi connectivity index (χ4v) is 4.03. The van der Waals surface area contributed by atoms with Crippen molar-refractivity contribution in [2.24, 2.45) is 0 Å². The lowest BCUT2D eigenvalue weighted by Crippen LogP contribution is -2.23. The normalized spacial score (nSPS) is 17.4. The highest BCUT2D eigenvalue weighted by atomic mass is 16.5. The molecule has 0 bridgehead atoms. The number of rotatable bonds is 8. The zero-order chi connectivity index (χ0) is 19.5. The van der Waals surface area contributed by atoms with Gasteiger partial charge in [-0.2, -0.15) is 0 Å². The van der Waals surface area contributed by atoms with Gasteiger partial charge in [0, 0.05) is 34.4 Å². The van der Waals surface area contributed by atoms with Crippen molar-refractivity contribution in [3.63, 3.8) is 0 Å². The van der Waals surface area contributed by atoms with E-state index in [1.807, 2.05) is 24.3 Å². The molecule has 2 aliphatic rings. The summed E-state index contributed by atoms with van der Waals surface area (Å²) in [4.78, 5) is 13.0. The van der Waals surface area contributed by atoms with Crippen molar-refractivity contribution in [2.75, 3.05) is 26.9 Å². The summed E-state index contributed by atoms with van der Waals surface area (Å²) >= 11 is 0. The predicted octanol–water partition coefficient (Wildman–Crippen LogP) is 4.22. The minimum atomic E-state index is -0.00634. The molecule has 1 heterocycles. The molecule has 5 nitrogen and oxygen atoms in total. The first kappa shape index (κ1) is 18.8. The van der Waals surface area contributed by atoms with E-state index in [4.69, 9.17) is 14.2 Å². The van der Waals surface area contributed by atoms with Crippen LogP contribution in [-0.2, 0) is 0 Å². The quantitative estimate of drug-likeness (QED) is 0.633. The maximum Gasteiger partial charge on any atom is 0.194 e. The molecule has 1 aliphatic heterocycles. The molecule has 148 valence electrons. The molecule has 1 fully saturated rings. The SMILES string of the molecule is CCCOc1cc(OC)cc2c1-c1c(OCCC3CCCN3)cccc1C2=O. The topological polar surface area (TPSA) is 56.8 Å². The molecule has 0 saturated carbocycles. The third-order valence-electron chi connectivity index (χ3n) is 5.42. The smallest absolute Gasteiger partial charge is 0.194 e. The first-order chi connectivity index (χ1) is 13.7. The highest BCUT2D eigenvalue weighted by molar-refractivity contribution is 6.23. The van der Waals surface area contributed by atoms with Crippen LogP contribution in [0.1, 0.15) is 48.5 Å². The number of ketones is 1. The largest absolute Gasteiger partial charge is 0.497 e. The fourth-order valence-electron chi connectivity index (χ4n) is 4.03. The van der Waals surface area contributed by atoms with Gasteiger partial charge in [0.2, 0.25) is 0 Å². The number of benzene rings is 2. The van der Waals surface area contributed by atoms with E-state index < -0.39 is 0 Å². The van der Waals surface area contributed by atoms with Crippen molar-refractivity contribution in [2.45, 2.75) is 38.6 Å². The van der Waals surface area contributed by atoms with Gasteiger partial charge in [-0.25, -0.2) is 0 Å². The number of methoxy groups -OCH3 is 1. The van der Waals surface area contributed by atoms with Crippen LogP contribution in [0.15, 0.2) is 30.3 Å². The number of nitrogens with one attached hydrogen (secondary N) is 1. The van der Waals surface area contributed by atoms with E-state index in [1.54, 1.807) is 13.2 Å². The molecular formula is C23H27NO4. The molecule has 0 aromatic heterocycles. The first-order valence-corrected chi connectivity index (χ1v) is 10.1. The van der Waals surface area contributed by atoms with Crippen molar-refractivity contribution in [1.29, 1.82) is 0 Å². The third kappa shape index (κ3) is 3.47. The van der Waals surface area contributed by atoms with Gasteiger partial charge in [-0.05, 0) is 44.4 Å². The lowest BCUT2D eigenvalue weighted by atomic mass is 10.0. The van der Waals surface area contributed by atoms with Gasteiger partial charge in [-0.1, -0.05) is 19.1 Å². The van der Waals surface area contributed by atoms with Gasteiger partial charge in [-0.3, -0.25) is 4.79 Å². The molecule has 28 heavy (non-hydrogen) atoms. The van der Waals surface area contributed by atoms with Crippen LogP contribution in [0, 0.1) is 0 Å². The molecule has 1 atom stereocenters. The van der Waals surface area contributed by atoms with E-state index in [0.29, 0.717) is 41.9 Å². The van der Waals surface area contributed by atoms with E-state index in [-0.39, 0.29) is 5.78 Å². The van der Waals surface area contributed by atoms with Crippen molar-refractivity contribution >= 4 is 5.78 Å². The lowest BCUT2D eigenvalue weighted by molar-refractivity contribution is 0.104. The Kier molecular flexibility index (Phi) is 5.53. The second kappa shape index (κ2) is 8.23. The van der Waals surface area contributed by atoms with Crippen LogP contribution in [0.4, 0.5) is 0 Å². The number of ether oxygens (including phenoxy) is 3. The van der Waals surface area contributed by atoms with Gasteiger partial charge in [0.25, 0.3) is 0 Å². The number of carbonyl (C=O) groups is 1. The Balaban J connectivity index is 1.68. The Morgan fingerprint density at radius 1 is 1.07 bits per heavy atom. The van der Waals surface area contributed by atoms with Gasteiger partial charge >= 0.3 is 0 Å². The highest BCUT2D eigenvalue weighted by Gasteiger charge is 2.33. The Labute approximate surface area is 166 Å². The summed E-state index contributed by atoms with van der Waals surface area (Å²) in [6.07, 6.45) is 4.28.